The Labute approximate surface area is 112 Å². The Bertz CT molecular complexity index is 569. The van der Waals surface area contributed by atoms with Crippen LogP contribution in [0.1, 0.15) is 21.6 Å². The van der Waals surface area contributed by atoms with Gasteiger partial charge in [0.15, 0.2) is 0 Å². The molecule has 0 spiro atoms. The Morgan fingerprint density at radius 1 is 1.42 bits per heavy atom. The molecule has 0 unspecified atom stereocenters. The first-order chi connectivity index (χ1) is 9.08. The quantitative estimate of drug-likeness (QED) is 0.811. The summed E-state index contributed by atoms with van der Waals surface area (Å²) < 4.78 is 1.75. The Morgan fingerprint density at radius 3 is 2.84 bits per heavy atom. The van der Waals surface area contributed by atoms with Gasteiger partial charge < -0.3 is 11.1 Å². The number of nitrogen functional groups attached to an aromatic ring is 1. The summed E-state index contributed by atoms with van der Waals surface area (Å²) in [4.78, 5) is 12.1. The molecule has 2 aromatic rings. The summed E-state index contributed by atoms with van der Waals surface area (Å²) in [6, 6.07) is 7.40. The number of rotatable bonds is 4. The number of aryl methyl sites for hydroxylation is 2. The van der Waals surface area contributed by atoms with Crippen molar-refractivity contribution < 1.29 is 4.79 Å². The van der Waals surface area contributed by atoms with Crippen molar-refractivity contribution in [2.75, 3.05) is 12.3 Å². The van der Waals surface area contributed by atoms with E-state index < -0.39 is 0 Å². The second-order valence-electron chi connectivity index (χ2n) is 4.53. The van der Waals surface area contributed by atoms with E-state index >= 15 is 0 Å². The Kier molecular flexibility index (Phi) is 3.85. The fraction of sp³-hybridized carbons (Fsp3) is 0.286. The Morgan fingerprint density at radius 2 is 2.21 bits per heavy atom. The zero-order valence-corrected chi connectivity index (χ0v) is 11.2. The SMILES string of the molecule is Cc1cccc(N)c1C(=O)NCCc1ccn(C)n1. The van der Waals surface area contributed by atoms with E-state index in [2.05, 4.69) is 10.4 Å². The number of nitrogens with two attached hydrogens (primary N) is 1. The van der Waals surface area contributed by atoms with Gasteiger partial charge in [-0.25, -0.2) is 0 Å². The number of nitrogens with zero attached hydrogens (tertiary/aromatic N) is 2. The molecular formula is C14H18N4O. The maximum Gasteiger partial charge on any atom is 0.253 e. The van der Waals surface area contributed by atoms with Crippen LogP contribution in [-0.4, -0.2) is 22.2 Å². The summed E-state index contributed by atoms with van der Waals surface area (Å²) in [5, 5.41) is 7.13. The van der Waals surface area contributed by atoms with Crippen LogP contribution in [-0.2, 0) is 13.5 Å². The molecule has 0 fully saturated rings. The summed E-state index contributed by atoms with van der Waals surface area (Å²) in [5.74, 6) is -0.133. The zero-order chi connectivity index (χ0) is 13.8. The van der Waals surface area contributed by atoms with Gasteiger partial charge in [0.1, 0.15) is 0 Å². The van der Waals surface area contributed by atoms with E-state index in [1.165, 1.54) is 0 Å². The van der Waals surface area contributed by atoms with E-state index in [-0.39, 0.29) is 5.91 Å². The lowest BCUT2D eigenvalue weighted by Crippen LogP contribution is -2.27. The normalized spacial score (nSPS) is 10.4. The number of nitrogens with one attached hydrogen (secondary N) is 1. The third-order valence-corrected chi connectivity index (χ3v) is 2.97. The highest BCUT2D eigenvalue weighted by atomic mass is 16.1. The third kappa shape index (κ3) is 3.13. The van der Waals surface area contributed by atoms with Crippen LogP contribution in [0.4, 0.5) is 5.69 Å². The lowest BCUT2D eigenvalue weighted by molar-refractivity contribution is 0.0954. The molecule has 1 aromatic carbocycles. The minimum Gasteiger partial charge on any atom is -0.398 e. The van der Waals surface area contributed by atoms with Crippen LogP contribution in [0.2, 0.25) is 0 Å². The zero-order valence-electron chi connectivity index (χ0n) is 11.2. The van der Waals surface area contributed by atoms with Gasteiger partial charge in [-0.2, -0.15) is 5.10 Å². The van der Waals surface area contributed by atoms with Gasteiger partial charge in [0.05, 0.1) is 11.3 Å². The smallest absolute Gasteiger partial charge is 0.253 e. The first-order valence-electron chi connectivity index (χ1n) is 6.19. The van der Waals surface area contributed by atoms with Gasteiger partial charge in [-0.3, -0.25) is 9.48 Å². The van der Waals surface area contributed by atoms with E-state index in [0.29, 0.717) is 24.2 Å². The van der Waals surface area contributed by atoms with Crippen LogP contribution in [0.25, 0.3) is 0 Å². The summed E-state index contributed by atoms with van der Waals surface area (Å²) in [6.07, 6.45) is 2.59. The van der Waals surface area contributed by atoms with Gasteiger partial charge in [-0.15, -0.1) is 0 Å². The molecule has 0 atom stereocenters. The number of carbonyl (C=O) groups is 1. The molecule has 2 rings (SSSR count). The molecule has 0 bridgehead atoms. The molecule has 0 saturated heterocycles. The fourth-order valence-electron chi connectivity index (χ4n) is 1.99. The highest BCUT2D eigenvalue weighted by Crippen LogP contribution is 2.15. The van der Waals surface area contributed by atoms with Crippen LogP contribution in [0.5, 0.6) is 0 Å². The van der Waals surface area contributed by atoms with Gasteiger partial charge in [0.2, 0.25) is 0 Å². The molecule has 1 aromatic heterocycles. The van der Waals surface area contributed by atoms with Crippen LogP contribution in [0.3, 0.4) is 0 Å². The minimum absolute atomic E-state index is 0.133. The highest BCUT2D eigenvalue weighted by molar-refractivity contribution is 6.00. The molecular weight excluding hydrogens is 240 g/mol. The first-order valence-corrected chi connectivity index (χ1v) is 6.19. The molecule has 100 valence electrons. The predicted molar refractivity (Wildman–Crippen MR) is 74.8 cm³/mol. The highest BCUT2D eigenvalue weighted by Gasteiger charge is 2.11. The van der Waals surface area contributed by atoms with Crippen LogP contribution in [0.15, 0.2) is 30.5 Å². The van der Waals surface area contributed by atoms with Crippen molar-refractivity contribution in [2.45, 2.75) is 13.3 Å². The van der Waals surface area contributed by atoms with Gasteiger partial charge in [0, 0.05) is 31.9 Å². The molecule has 5 heteroatoms. The standard InChI is InChI=1S/C14H18N4O/c1-10-4-3-5-12(15)13(10)14(19)16-8-6-11-7-9-18(2)17-11/h3-5,7,9H,6,8,15H2,1-2H3,(H,16,19). The van der Waals surface area contributed by atoms with E-state index in [1.54, 1.807) is 10.7 Å². The number of carbonyl (C=O) groups excluding carboxylic acids is 1. The summed E-state index contributed by atoms with van der Waals surface area (Å²) in [7, 11) is 1.87. The number of hydrogen-bond donors (Lipinski definition) is 2. The fourth-order valence-corrected chi connectivity index (χ4v) is 1.99. The third-order valence-electron chi connectivity index (χ3n) is 2.97. The topological polar surface area (TPSA) is 72.9 Å². The maximum absolute atomic E-state index is 12.1. The van der Waals surface area contributed by atoms with E-state index in [0.717, 1.165) is 11.3 Å². The van der Waals surface area contributed by atoms with E-state index in [4.69, 9.17) is 5.73 Å². The average molecular weight is 258 g/mol. The molecule has 0 aliphatic carbocycles. The second kappa shape index (κ2) is 5.56. The van der Waals surface area contributed by atoms with Crippen molar-refractivity contribution >= 4 is 11.6 Å². The van der Waals surface area contributed by atoms with E-state index in [1.807, 2.05) is 38.4 Å². The average Bonchev–Trinajstić information content (AvgIpc) is 2.75. The van der Waals surface area contributed by atoms with Crippen molar-refractivity contribution in [3.05, 3.63) is 47.3 Å². The summed E-state index contributed by atoms with van der Waals surface area (Å²) in [5.41, 5.74) is 8.74. The summed E-state index contributed by atoms with van der Waals surface area (Å²) in [6.45, 7) is 2.42. The van der Waals surface area contributed by atoms with Crippen LogP contribution in [0, 0.1) is 6.92 Å². The van der Waals surface area contributed by atoms with Crippen molar-refractivity contribution in [3.63, 3.8) is 0 Å². The van der Waals surface area contributed by atoms with Crippen molar-refractivity contribution in [1.29, 1.82) is 0 Å². The lowest BCUT2D eigenvalue weighted by Gasteiger charge is -2.09. The molecule has 19 heavy (non-hydrogen) atoms. The Hall–Kier alpha value is -2.30. The van der Waals surface area contributed by atoms with Gasteiger partial charge in [-0.05, 0) is 24.6 Å². The van der Waals surface area contributed by atoms with Gasteiger partial charge in [-0.1, -0.05) is 12.1 Å². The number of anilines is 1. The number of aromatic nitrogens is 2. The maximum atomic E-state index is 12.1. The predicted octanol–water partition coefficient (Wildman–Crippen LogP) is 1.28. The van der Waals surface area contributed by atoms with Crippen LogP contribution < -0.4 is 11.1 Å². The molecule has 1 heterocycles. The lowest BCUT2D eigenvalue weighted by atomic mass is 10.1. The second-order valence-corrected chi connectivity index (χ2v) is 4.53. The molecule has 0 aliphatic heterocycles. The van der Waals surface area contributed by atoms with Gasteiger partial charge >= 0.3 is 0 Å². The number of amides is 1. The molecule has 5 nitrogen and oxygen atoms in total. The molecule has 0 radical (unpaired) electrons. The molecule has 3 N–H and O–H groups in total. The minimum atomic E-state index is -0.133. The molecule has 0 aliphatic rings. The van der Waals surface area contributed by atoms with Crippen molar-refractivity contribution in [1.82, 2.24) is 15.1 Å². The number of benzene rings is 1. The van der Waals surface area contributed by atoms with Crippen LogP contribution >= 0.6 is 0 Å². The van der Waals surface area contributed by atoms with E-state index in [9.17, 15) is 4.79 Å². The number of hydrogen-bond acceptors (Lipinski definition) is 3. The largest absolute Gasteiger partial charge is 0.398 e. The van der Waals surface area contributed by atoms with Crippen molar-refractivity contribution in [2.24, 2.45) is 7.05 Å². The summed E-state index contributed by atoms with van der Waals surface area (Å²) >= 11 is 0. The monoisotopic (exact) mass is 258 g/mol. The Balaban J connectivity index is 1.94. The van der Waals surface area contributed by atoms with Gasteiger partial charge in [0.25, 0.3) is 5.91 Å². The molecule has 0 saturated carbocycles. The van der Waals surface area contributed by atoms with Crippen molar-refractivity contribution in [3.8, 4) is 0 Å². The molecule has 1 amide bonds. The first kappa shape index (κ1) is 13.1.